The Labute approximate surface area is 147 Å². The topological polar surface area (TPSA) is 80.4 Å². The number of halogens is 1. The van der Waals surface area contributed by atoms with E-state index in [1.807, 2.05) is 0 Å². The zero-order valence-electron chi connectivity index (χ0n) is 13.7. The molecule has 0 fully saturated rings. The second-order valence-electron chi connectivity index (χ2n) is 5.87. The van der Waals surface area contributed by atoms with Crippen molar-refractivity contribution >= 4 is 16.8 Å². The predicted molar refractivity (Wildman–Crippen MR) is 93.1 cm³/mol. The number of hydrogen-bond donors (Lipinski definition) is 2. The van der Waals surface area contributed by atoms with Gasteiger partial charge < -0.3 is 19.8 Å². The molecule has 1 amide bonds. The van der Waals surface area contributed by atoms with Crippen molar-refractivity contribution in [1.82, 2.24) is 10.3 Å². The third-order valence-electron chi connectivity index (χ3n) is 4.14. The number of carbonyl (C=O) groups is 1. The number of pyridine rings is 1. The van der Waals surface area contributed by atoms with Crippen LogP contribution in [-0.4, -0.2) is 24.1 Å². The predicted octanol–water partition coefficient (Wildman–Crippen LogP) is 2.37. The zero-order valence-corrected chi connectivity index (χ0v) is 13.7. The van der Waals surface area contributed by atoms with Gasteiger partial charge in [0, 0.05) is 23.6 Å². The summed E-state index contributed by atoms with van der Waals surface area (Å²) in [4.78, 5) is 27.1. The molecule has 2 N–H and O–H groups in total. The Morgan fingerprint density at radius 3 is 2.62 bits per heavy atom. The van der Waals surface area contributed by atoms with Crippen molar-refractivity contribution in [3.8, 4) is 11.5 Å². The van der Waals surface area contributed by atoms with Gasteiger partial charge in [-0.2, -0.15) is 0 Å². The molecule has 0 radical (unpaired) electrons. The number of ether oxygens (including phenoxy) is 2. The first kappa shape index (κ1) is 16.1. The van der Waals surface area contributed by atoms with Crippen LogP contribution in [0, 0.1) is 5.82 Å². The molecule has 7 heteroatoms. The lowest BCUT2D eigenvalue weighted by molar-refractivity contribution is 0.0947. The van der Waals surface area contributed by atoms with Gasteiger partial charge in [0.15, 0.2) is 11.5 Å². The summed E-state index contributed by atoms with van der Waals surface area (Å²) in [5.41, 5.74) is 0.578. The van der Waals surface area contributed by atoms with Crippen LogP contribution in [0.15, 0.2) is 47.3 Å². The molecule has 0 unspecified atom stereocenters. The number of benzene rings is 2. The molecule has 0 atom stereocenters. The minimum Gasteiger partial charge on any atom is -0.486 e. The van der Waals surface area contributed by atoms with Gasteiger partial charge >= 0.3 is 0 Å². The van der Waals surface area contributed by atoms with E-state index in [-0.39, 0.29) is 17.7 Å². The van der Waals surface area contributed by atoms with E-state index in [0.29, 0.717) is 35.8 Å². The number of amides is 1. The van der Waals surface area contributed by atoms with E-state index in [1.54, 1.807) is 24.3 Å². The SMILES string of the molecule is O=C(NCc1cc2cc3c(cc2[nH]c1=O)OCCO3)c1ccccc1F. The van der Waals surface area contributed by atoms with E-state index in [9.17, 15) is 14.0 Å². The number of aromatic nitrogens is 1. The third kappa shape index (κ3) is 2.99. The van der Waals surface area contributed by atoms with Crippen molar-refractivity contribution in [3.63, 3.8) is 0 Å². The normalized spacial score (nSPS) is 12.8. The fourth-order valence-corrected chi connectivity index (χ4v) is 2.84. The summed E-state index contributed by atoms with van der Waals surface area (Å²) in [7, 11) is 0. The maximum atomic E-state index is 13.7. The number of rotatable bonds is 3. The summed E-state index contributed by atoms with van der Waals surface area (Å²) in [6.45, 7) is 0.906. The molecule has 0 saturated heterocycles. The fourth-order valence-electron chi connectivity index (χ4n) is 2.84. The van der Waals surface area contributed by atoms with E-state index in [0.717, 1.165) is 5.39 Å². The highest BCUT2D eigenvalue weighted by atomic mass is 19.1. The standard InChI is InChI=1S/C19H15FN2O4/c20-14-4-2-1-3-13(14)19(24)21-10-12-7-11-8-16-17(26-6-5-25-16)9-15(11)22-18(12)23/h1-4,7-9H,5-6,10H2,(H,21,24)(H,22,23). The summed E-state index contributed by atoms with van der Waals surface area (Å²) < 4.78 is 24.7. The highest BCUT2D eigenvalue weighted by molar-refractivity contribution is 5.94. The Bertz CT molecular complexity index is 1060. The van der Waals surface area contributed by atoms with Gasteiger partial charge in [0.2, 0.25) is 0 Å². The van der Waals surface area contributed by atoms with Gasteiger partial charge in [-0.15, -0.1) is 0 Å². The Morgan fingerprint density at radius 1 is 1.12 bits per heavy atom. The Balaban J connectivity index is 1.60. The first-order valence-corrected chi connectivity index (χ1v) is 8.10. The number of nitrogens with one attached hydrogen (secondary N) is 2. The quantitative estimate of drug-likeness (QED) is 0.757. The molecule has 1 aliphatic rings. The van der Waals surface area contributed by atoms with Crippen LogP contribution in [-0.2, 0) is 6.54 Å². The summed E-state index contributed by atoms with van der Waals surface area (Å²) in [6.07, 6.45) is 0. The lowest BCUT2D eigenvalue weighted by atomic mass is 10.1. The molecular weight excluding hydrogens is 339 g/mol. The molecule has 1 aromatic heterocycles. The van der Waals surface area contributed by atoms with E-state index in [4.69, 9.17) is 9.47 Å². The second-order valence-corrected chi connectivity index (χ2v) is 5.87. The van der Waals surface area contributed by atoms with Gasteiger partial charge in [-0.1, -0.05) is 12.1 Å². The smallest absolute Gasteiger partial charge is 0.254 e. The first-order valence-electron chi connectivity index (χ1n) is 8.10. The fraction of sp³-hybridized carbons (Fsp3) is 0.158. The van der Waals surface area contributed by atoms with Crippen LogP contribution >= 0.6 is 0 Å². The number of carbonyl (C=O) groups excluding carboxylic acids is 1. The van der Waals surface area contributed by atoms with Crippen LogP contribution < -0.4 is 20.3 Å². The number of fused-ring (bicyclic) bond motifs is 2. The average molecular weight is 354 g/mol. The molecule has 26 heavy (non-hydrogen) atoms. The Hall–Kier alpha value is -3.35. The van der Waals surface area contributed by atoms with E-state index in [2.05, 4.69) is 10.3 Å². The van der Waals surface area contributed by atoms with Gasteiger partial charge in [-0.25, -0.2) is 4.39 Å². The molecule has 4 rings (SSSR count). The van der Waals surface area contributed by atoms with Gasteiger partial charge in [-0.3, -0.25) is 9.59 Å². The molecule has 3 aromatic rings. The van der Waals surface area contributed by atoms with Gasteiger partial charge in [0.05, 0.1) is 11.1 Å². The zero-order chi connectivity index (χ0) is 18.1. The monoisotopic (exact) mass is 354 g/mol. The number of aromatic amines is 1. The van der Waals surface area contributed by atoms with Gasteiger partial charge in [0.25, 0.3) is 11.5 Å². The van der Waals surface area contributed by atoms with Crippen LogP contribution in [0.2, 0.25) is 0 Å². The Kier molecular flexibility index (Phi) is 4.04. The van der Waals surface area contributed by atoms with Crippen LogP contribution in [0.25, 0.3) is 10.9 Å². The number of H-pyrrole nitrogens is 1. The molecule has 2 heterocycles. The van der Waals surface area contributed by atoms with Crippen LogP contribution in [0.5, 0.6) is 11.5 Å². The largest absolute Gasteiger partial charge is 0.486 e. The lowest BCUT2D eigenvalue weighted by Gasteiger charge is -2.18. The number of hydrogen-bond acceptors (Lipinski definition) is 4. The third-order valence-corrected chi connectivity index (χ3v) is 4.14. The molecule has 0 aliphatic carbocycles. The van der Waals surface area contributed by atoms with Gasteiger partial charge in [0.1, 0.15) is 19.0 Å². The summed E-state index contributed by atoms with van der Waals surface area (Å²) >= 11 is 0. The molecule has 0 saturated carbocycles. The maximum absolute atomic E-state index is 13.7. The van der Waals surface area contributed by atoms with Crippen LogP contribution in [0.4, 0.5) is 4.39 Å². The lowest BCUT2D eigenvalue weighted by Crippen LogP contribution is -2.27. The summed E-state index contributed by atoms with van der Waals surface area (Å²) in [5, 5.41) is 3.32. The molecule has 132 valence electrons. The first-order chi connectivity index (χ1) is 12.6. The minimum absolute atomic E-state index is 0.0209. The van der Waals surface area contributed by atoms with Crippen molar-refractivity contribution in [2.24, 2.45) is 0 Å². The van der Waals surface area contributed by atoms with Crippen molar-refractivity contribution in [2.75, 3.05) is 13.2 Å². The molecule has 6 nitrogen and oxygen atoms in total. The van der Waals surface area contributed by atoms with Crippen molar-refractivity contribution in [3.05, 3.63) is 69.8 Å². The summed E-state index contributed by atoms with van der Waals surface area (Å²) in [6, 6.07) is 10.9. The summed E-state index contributed by atoms with van der Waals surface area (Å²) in [5.74, 6) is 0.00288. The highest BCUT2D eigenvalue weighted by Crippen LogP contribution is 2.33. The van der Waals surface area contributed by atoms with Gasteiger partial charge in [-0.05, 0) is 24.3 Å². The van der Waals surface area contributed by atoms with E-state index >= 15 is 0 Å². The molecule has 1 aliphatic heterocycles. The molecule has 0 spiro atoms. The second kappa shape index (κ2) is 6.51. The maximum Gasteiger partial charge on any atom is 0.254 e. The van der Waals surface area contributed by atoms with Crippen LogP contribution in [0.1, 0.15) is 15.9 Å². The van der Waals surface area contributed by atoms with E-state index < -0.39 is 11.7 Å². The Morgan fingerprint density at radius 2 is 1.85 bits per heavy atom. The van der Waals surface area contributed by atoms with Crippen molar-refractivity contribution in [2.45, 2.75) is 6.54 Å². The van der Waals surface area contributed by atoms with Crippen molar-refractivity contribution < 1.29 is 18.7 Å². The van der Waals surface area contributed by atoms with Crippen LogP contribution in [0.3, 0.4) is 0 Å². The molecule has 2 aromatic carbocycles. The molecule has 0 bridgehead atoms. The van der Waals surface area contributed by atoms with Crippen molar-refractivity contribution in [1.29, 1.82) is 0 Å². The van der Waals surface area contributed by atoms with E-state index in [1.165, 1.54) is 18.2 Å². The highest BCUT2D eigenvalue weighted by Gasteiger charge is 2.15. The average Bonchev–Trinajstić information content (AvgIpc) is 2.65. The minimum atomic E-state index is -0.610. The molecular formula is C19H15FN2O4.